The fraction of sp³-hybridized carbons (Fsp3) is 0.605. The van der Waals surface area contributed by atoms with Crippen molar-refractivity contribution in [2.24, 2.45) is 11.8 Å². The molecule has 1 aromatic carbocycles. The quantitative estimate of drug-likeness (QED) is 0.371. The molecule has 0 aliphatic carbocycles. The molecule has 0 spiro atoms. The Morgan fingerprint density at radius 3 is 2.12 bits per heavy atom. The molecule has 0 saturated carbocycles. The first-order chi connectivity index (χ1) is 24.5. The zero-order chi connectivity index (χ0) is 39.1. The average Bonchev–Trinajstić information content (AvgIpc) is 3.10. The first kappa shape index (κ1) is 43.4. The van der Waals surface area contributed by atoms with E-state index < -0.39 is 78.3 Å². The van der Waals surface area contributed by atoms with Crippen LogP contribution in [0.2, 0.25) is 0 Å². The van der Waals surface area contributed by atoms with Gasteiger partial charge < -0.3 is 35.2 Å². The summed E-state index contributed by atoms with van der Waals surface area (Å²) in [6.07, 6.45) is 2.02. The summed E-state index contributed by atoms with van der Waals surface area (Å²) in [6.45, 7) is 11.5. The van der Waals surface area contributed by atoms with E-state index in [1.54, 1.807) is 32.1 Å². The Labute approximate surface area is 307 Å². The van der Waals surface area contributed by atoms with Crippen molar-refractivity contribution in [3.8, 4) is 0 Å². The van der Waals surface area contributed by atoms with Crippen LogP contribution in [0.15, 0.2) is 42.0 Å². The van der Waals surface area contributed by atoms with Crippen LogP contribution in [0, 0.1) is 11.8 Å². The minimum absolute atomic E-state index is 0.0216. The Bertz CT molecular complexity index is 1450. The number of ether oxygens (including phenoxy) is 2. The number of nitrogens with one attached hydrogen (secondary N) is 3. The van der Waals surface area contributed by atoms with Crippen LogP contribution in [0.4, 0.5) is 0 Å². The Morgan fingerprint density at radius 1 is 0.865 bits per heavy atom. The van der Waals surface area contributed by atoms with Gasteiger partial charge in [0.2, 0.25) is 23.6 Å². The lowest BCUT2D eigenvalue weighted by Gasteiger charge is -2.33. The first-order valence-corrected chi connectivity index (χ1v) is 18.0. The number of benzene rings is 1. The fourth-order valence-corrected chi connectivity index (χ4v) is 5.53. The highest BCUT2D eigenvalue weighted by Gasteiger charge is 2.35. The third-order valence-electron chi connectivity index (χ3n) is 8.98. The SMILES string of the molecule is CCC(C)[C@@H]1NC(=O)CN(C)C(=O)[C@@H](Cc2ccccc2)N(C)C(=O)[C@H](C)NC(=O)[C@@H](CC(C)C)OC(=O)/C(C)=C/CCCOC(=O)[C@H](C)NC1=O. The van der Waals surface area contributed by atoms with E-state index in [0.717, 1.165) is 5.56 Å². The van der Waals surface area contributed by atoms with Gasteiger partial charge in [-0.05, 0) is 57.4 Å². The Hall–Kier alpha value is -4.75. The molecule has 1 aliphatic rings. The molecule has 2 rings (SSSR count). The second kappa shape index (κ2) is 20.9. The maximum absolute atomic E-state index is 14.0. The molecule has 52 heavy (non-hydrogen) atoms. The van der Waals surface area contributed by atoms with Gasteiger partial charge in [0.1, 0.15) is 24.2 Å². The number of carbonyl (C=O) groups excluding carboxylic acids is 7. The van der Waals surface area contributed by atoms with Crippen LogP contribution < -0.4 is 16.0 Å². The van der Waals surface area contributed by atoms with Gasteiger partial charge in [-0.25, -0.2) is 9.59 Å². The molecule has 3 N–H and O–H groups in total. The molecule has 1 heterocycles. The van der Waals surface area contributed by atoms with Gasteiger partial charge in [-0.3, -0.25) is 24.0 Å². The maximum Gasteiger partial charge on any atom is 0.334 e. The largest absolute Gasteiger partial charge is 0.464 e. The summed E-state index contributed by atoms with van der Waals surface area (Å²) >= 11 is 0. The predicted octanol–water partition coefficient (Wildman–Crippen LogP) is 2.30. The van der Waals surface area contributed by atoms with Crippen molar-refractivity contribution < 1.29 is 43.0 Å². The molecule has 0 bridgehead atoms. The van der Waals surface area contributed by atoms with Crippen LogP contribution in [0.5, 0.6) is 0 Å². The Morgan fingerprint density at radius 2 is 1.50 bits per heavy atom. The minimum atomic E-state index is -1.19. The van der Waals surface area contributed by atoms with Gasteiger partial charge in [0.05, 0.1) is 13.2 Å². The number of amides is 5. The van der Waals surface area contributed by atoms with Crippen molar-refractivity contribution in [2.75, 3.05) is 27.2 Å². The molecular formula is C38H57N5O9. The molecule has 14 nitrogen and oxygen atoms in total. The van der Waals surface area contributed by atoms with Crippen LogP contribution in [-0.4, -0.2) is 109 Å². The van der Waals surface area contributed by atoms with Gasteiger partial charge in [0.15, 0.2) is 6.10 Å². The van der Waals surface area contributed by atoms with E-state index in [-0.39, 0.29) is 36.9 Å². The summed E-state index contributed by atoms with van der Waals surface area (Å²) < 4.78 is 10.9. The molecule has 1 aromatic rings. The summed E-state index contributed by atoms with van der Waals surface area (Å²) in [5.74, 6) is -4.68. The molecule has 0 aromatic heterocycles. The second-order valence-electron chi connectivity index (χ2n) is 14.0. The van der Waals surface area contributed by atoms with Crippen LogP contribution in [0.1, 0.15) is 79.7 Å². The summed E-state index contributed by atoms with van der Waals surface area (Å²) in [6, 6.07) is 4.86. The lowest BCUT2D eigenvalue weighted by Crippen LogP contribution is -2.57. The highest BCUT2D eigenvalue weighted by Crippen LogP contribution is 2.16. The van der Waals surface area contributed by atoms with Crippen LogP contribution >= 0.6 is 0 Å². The number of hydrogen-bond donors (Lipinski definition) is 3. The lowest BCUT2D eigenvalue weighted by atomic mass is 9.98. The molecule has 1 unspecified atom stereocenters. The van der Waals surface area contributed by atoms with Gasteiger partial charge >= 0.3 is 11.9 Å². The fourth-order valence-electron chi connectivity index (χ4n) is 5.53. The summed E-state index contributed by atoms with van der Waals surface area (Å²) in [5, 5.41) is 7.98. The highest BCUT2D eigenvalue weighted by molar-refractivity contribution is 5.96. The topological polar surface area (TPSA) is 181 Å². The lowest BCUT2D eigenvalue weighted by molar-refractivity contribution is -0.154. The van der Waals surface area contributed by atoms with Gasteiger partial charge in [-0.2, -0.15) is 0 Å². The van der Waals surface area contributed by atoms with E-state index in [9.17, 15) is 33.6 Å². The Balaban J connectivity index is 2.48. The summed E-state index contributed by atoms with van der Waals surface area (Å²) in [7, 11) is 2.87. The average molecular weight is 728 g/mol. The number of nitrogens with zero attached hydrogens (tertiary/aromatic N) is 2. The van der Waals surface area contributed by atoms with Crippen molar-refractivity contribution in [2.45, 2.75) is 111 Å². The second-order valence-corrected chi connectivity index (χ2v) is 14.0. The Kier molecular flexibility index (Phi) is 17.5. The van der Waals surface area contributed by atoms with Gasteiger partial charge in [0.25, 0.3) is 5.91 Å². The number of hydrogen-bond acceptors (Lipinski definition) is 9. The number of cyclic esters (lactones) is 2. The predicted molar refractivity (Wildman–Crippen MR) is 194 cm³/mol. The first-order valence-electron chi connectivity index (χ1n) is 18.0. The van der Waals surface area contributed by atoms with Crippen molar-refractivity contribution in [1.29, 1.82) is 0 Å². The van der Waals surface area contributed by atoms with Gasteiger partial charge in [0, 0.05) is 26.1 Å². The van der Waals surface area contributed by atoms with Crippen LogP contribution in [0.3, 0.4) is 0 Å². The smallest absolute Gasteiger partial charge is 0.334 e. The van der Waals surface area contributed by atoms with Gasteiger partial charge in [-0.1, -0.05) is 70.5 Å². The van der Waals surface area contributed by atoms with E-state index in [4.69, 9.17) is 9.47 Å². The van der Waals surface area contributed by atoms with Crippen molar-refractivity contribution in [3.05, 3.63) is 47.5 Å². The number of rotatable bonds is 6. The van der Waals surface area contributed by atoms with E-state index in [1.165, 1.54) is 37.7 Å². The van der Waals surface area contributed by atoms with Crippen molar-refractivity contribution in [3.63, 3.8) is 0 Å². The van der Waals surface area contributed by atoms with Gasteiger partial charge in [-0.15, -0.1) is 0 Å². The number of esters is 2. The monoisotopic (exact) mass is 727 g/mol. The molecule has 0 saturated heterocycles. The number of likely N-dealkylation sites (N-methyl/N-ethyl adjacent to an activating group) is 2. The standard InChI is InChI=1S/C38H57N5O9/c1-10-24(4)32-34(46)40-27(7)38(50)51-19-15-14-16-25(5)37(49)52-30(20-23(2)3)33(45)39-26(6)35(47)43(9)29(21-28-17-12-11-13-18-28)36(48)42(8)22-31(44)41-32/h11-13,16-18,23-24,26-27,29-30,32H,10,14-15,19-22H2,1-9H3,(H,39,45)(H,40,46)(H,41,44)/b25-16+/t24?,26-,27-,29+,30+,32-/m0/s1. The molecule has 14 heteroatoms. The molecule has 0 fully saturated rings. The van der Waals surface area contributed by atoms with E-state index in [1.807, 2.05) is 39.0 Å². The molecule has 288 valence electrons. The van der Waals surface area contributed by atoms with Crippen LogP contribution in [0.25, 0.3) is 0 Å². The molecule has 5 amide bonds. The van der Waals surface area contributed by atoms with E-state index in [2.05, 4.69) is 16.0 Å². The number of allylic oxidation sites excluding steroid dienone is 1. The molecular weight excluding hydrogens is 670 g/mol. The number of carbonyl (C=O) groups is 7. The van der Waals surface area contributed by atoms with E-state index >= 15 is 0 Å². The maximum atomic E-state index is 14.0. The normalized spacial score (nSPS) is 26.2. The third kappa shape index (κ3) is 13.4. The van der Waals surface area contributed by atoms with Crippen LogP contribution in [-0.2, 0) is 49.5 Å². The zero-order valence-electron chi connectivity index (χ0n) is 32.0. The molecule has 1 aliphatic heterocycles. The zero-order valence-corrected chi connectivity index (χ0v) is 32.0. The van der Waals surface area contributed by atoms with E-state index in [0.29, 0.717) is 19.3 Å². The summed E-state index contributed by atoms with van der Waals surface area (Å²) in [4.78, 5) is 95.9. The minimum Gasteiger partial charge on any atom is -0.464 e. The summed E-state index contributed by atoms with van der Waals surface area (Å²) in [5.41, 5.74) is 1.01. The molecule has 0 radical (unpaired) electrons. The highest BCUT2D eigenvalue weighted by atomic mass is 16.5. The third-order valence-corrected chi connectivity index (χ3v) is 8.98. The van der Waals surface area contributed by atoms with Crippen molar-refractivity contribution in [1.82, 2.24) is 25.8 Å². The van der Waals surface area contributed by atoms with Crippen molar-refractivity contribution >= 4 is 41.5 Å². The molecule has 6 atom stereocenters.